The summed E-state index contributed by atoms with van der Waals surface area (Å²) in [7, 11) is -0.885. The van der Waals surface area contributed by atoms with Crippen LogP contribution in [0.1, 0.15) is 20.7 Å². The monoisotopic (exact) mass is 551 g/mol. The predicted octanol–water partition coefficient (Wildman–Crippen LogP) is 2.99. The third-order valence-corrected chi connectivity index (χ3v) is 11.3. The lowest BCUT2D eigenvalue weighted by Crippen LogP contribution is -2.51. The summed E-state index contributed by atoms with van der Waals surface area (Å²) < 4.78 is 10.6. The number of hydrogen-bond acceptors (Lipinski definition) is 6. The van der Waals surface area contributed by atoms with Crippen LogP contribution in [0, 0.1) is 0 Å². The molecule has 0 aliphatic carbocycles. The van der Waals surface area contributed by atoms with E-state index >= 15 is 0 Å². The molecule has 1 aliphatic rings. The highest BCUT2D eigenvalue weighted by Crippen LogP contribution is 2.65. The molecule has 1 atom stereocenters. The number of carbonyl (C=O) groups is 3. The summed E-state index contributed by atoms with van der Waals surface area (Å²) in [4.78, 5) is 42.1. The first kappa shape index (κ1) is 26.9. The number of imide groups is 1. The molecule has 1 aliphatic heterocycles. The van der Waals surface area contributed by atoms with Gasteiger partial charge in [0.05, 0.1) is 24.2 Å². The van der Waals surface area contributed by atoms with Crippen LogP contribution in [-0.4, -0.2) is 42.9 Å². The smallest absolute Gasteiger partial charge is 0.337 e. The minimum atomic E-state index is -3.26. The van der Waals surface area contributed by atoms with Crippen molar-refractivity contribution in [3.05, 3.63) is 138 Å². The Hall–Kier alpha value is -4.74. The fourth-order valence-corrected chi connectivity index (χ4v) is 9.79. The second-order valence-corrected chi connectivity index (χ2v) is 12.4. The quantitative estimate of drug-likeness (QED) is 0.145. The van der Waals surface area contributed by atoms with Gasteiger partial charge in [0.2, 0.25) is 0 Å². The number of methoxy groups -OCH3 is 2. The molecule has 1 heterocycles. The Kier molecular flexibility index (Phi) is 7.50. The average molecular weight is 552 g/mol. The van der Waals surface area contributed by atoms with Crippen molar-refractivity contribution in [3.63, 3.8) is 0 Å². The first-order chi connectivity index (χ1) is 19.5. The Labute approximate surface area is 232 Å². The van der Waals surface area contributed by atoms with E-state index < -0.39 is 37.0 Å². The molecule has 0 N–H and O–H groups in total. The molecule has 2 amide bonds. The number of carbonyl (C=O) groups excluding carboxylic acids is 3. The molecule has 4 aromatic rings. The molecule has 0 aromatic heterocycles. The molecule has 0 fully saturated rings. The maximum Gasteiger partial charge on any atom is 0.337 e. The lowest BCUT2D eigenvalue weighted by molar-refractivity contribution is -0.354. The number of fused-ring (bicyclic) bond motifs is 1. The van der Waals surface area contributed by atoms with Gasteiger partial charge >= 0.3 is 5.97 Å². The van der Waals surface area contributed by atoms with Crippen molar-refractivity contribution in [1.82, 2.24) is 4.90 Å². The third-order valence-electron chi connectivity index (χ3n) is 6.95. The van der Waals surface area contributed by atoms with E-state index in [0.29, 0.717) is 0 Å². The molecule has 0 bridgehead atoms. The molecule has 4 aromatic carbocycles. The third kappa shape index (κ3) is 4.25. The van der Waals surface area contributed by atoms with E-state index in [1.165, 1.54) is 19.2 Å². The molecule has 40 heavy (non-hydrogen) atoms. The van der Waals surface area contributed by atoms with E-state index in [2.05, 4.69) is 0 Å². The Balaban J connectivity index is 1.92. The Bertz CT molecular complexity index is 1460. The van der Waals surface area contributed by atoms with Crippen molar-refractivity contribution in [3.8, 4) is 0 Å². The number of ether oxygens (including phenoxy) is 2. The van der Waals surface area contributed by atoms with Crippen LogP contribution in [0.5, 0.6) is 0 Å². The largest absolute Gasteiger partial charge is 0.614 e. The highest BCUT2D eigenvalue weighted by molar-refractivity contribution is 7.99. The van der Waals surface area contributed by atoms with E-state index in [9.17, 15) is 19.5 Å². The summed E-state index contributed by atoms with van der Waals surface area (Å²) in [6, 6.07) is 32.6. The molecule has 0 saturated heterocycles. The number of nitrogens with zero attached hydrogens (tertiary/aromatic N) is 1. The van der Waals surface area contributed by atoms with Crippen molar-refractivity contribution in [2.24, 2.45) is 0 Å². The Morgan fingerprint density at radius 2 is 1.02 bits per heavy atom. The van der Waals surface area contributed by atoms with Gasteiger partial charge in [0.1, 0.15) is 28.5 Å². The maximum absolute atomic E-state index is 14.1. The minimum absolute atomic E-state index is 0.0417. The molecule has 0 radical (unpaired) electrons. The first-order valence-electron chi connectivity index (χ1n) is 12.5. The molecule has 0 spiro atoms. The van der Waals surface area contributed by atoms with E-state index in [0.717, 1.165) is 27.9 Å². The van der Waals surface area contributed by atoms with Crippen molar-refractivity contribution >= 4 is 41.0 Å². The fraction of sp³-hybridized carbons (Fsp3) is 0.0938. The number of esters is 1. The summed E-state index contributed by atoms with van der Waals surface area (Å²) in [5.41, 5.74) is 0.294. The topological polar surface area (TPSA) is 96.0 Å². The highest BCUT2D eigenvalue weighted by atomic mass is 31.2. The van der Waals surface area contributed by atoms with Crippen LogP contribution in [0.4, 0.5) is 0 Å². The molecular formula is C32H26NO6P. The highest BCUT2D eigenvalue weighted by Gasteiger charge is 2.59. The van der Waals surface area contributed by atoms with E-state index in [1.807, 2.05) is 91.0 Å². The van der Waals surface area contributed by atoms with Gasteiger partial charge in [-0.15, -0.1) is 0 Å². The van der Waals surface area contributed by atoms with Gasteiger partial charge in [-0.25, -0.2) is 4.79 Å². The normalized spacial score (nSPS) is 14.3. The van der Waals surface area contributed by atoms with Gasteiger partial charge in [-0.3, -0.25) is 14.5 Å². The van der Waals surface area contributed by atoms with E-state index in [1.54, 1.807) is 12.1 Å². The van der Waals surface area contributed by atoms with Crippen molar-refractivity contribution in [2.45, 2.75) is 6.04 Å². The Morgan fingerprint density at radius 3 is 1.38 bits per heavy atom. The first-order valence-corrected chi connectivity index (χ1v) is 14.3. The minimum Gasteiger partial charge on any atom is -0.614 e. The molecule has 7 nitrogen and oxygen atoms in total. The number of rotatable bonds is 8. The van der Waals surface area contributed by atoms with Crippen LogP contribution in [0.15, 0.2) is 127 Å². The second-order valence-electron chi connectivity index (χ2n) is 9.01. The maximum atomic E-state index is 14.1. The molecular weight excluding hydrogens is 525 g/mol. The lowest BCUT2D eigenvalue weighted by Gasteiger charge is -2.36. The number of benzene rings is 4. The van der Waals surface area contributed by atoms with Crippen molar-refractivity contribution in [2.75, 3.05) is 14.2 Å². The van der Waals surface area contributed by atoms with E-state index in [4.69, 9.17) is 9.47 Å². The molecule has 0 unspecified atom stereocenters. The zero-order valence-electron chi connectivity index (χ0n) is 21.9. The average Bonchev–Trinajstić information content (AvgIpc) is 3.27. The summed E-state index contributed by atoms with van der Waals surface area (Å²) in [6.45, 7) is 0. The molecule has 5 rings (SSSR count). The van der Waals surface area contributed by atoms with Crippen LogP contribution < -0.4 is 21.0 Å². The molecule has 200 valence electrons. The second kappa shape index (κ2) is 11.2. The van der Waals surface area contributed by atoms with Crippen molar-refractivity contribution < 1.29 is 29.0 Å². The van der Waals surface area contributed by atoms with Crippen LogP contribution >= 0.6 is 7.26 Å². The van der Waals surface area contributed by atoms with Gasteiger partial charge in [0.25, 0.3) is 11.8 Å². The number of amides is 2. The Morgan fingerprint density at radius 1 is 0.650 bits per heavy atom. The SMILES string of the molecule is COC(=O)[C@@H](/C(=C(/[O-])OC)[P+](c1ccccc1)(c1ccccc1)c1ccccc1)N1C(=O)c2ccccc2C1=O. The van der Waals surface area contributed by atoms with Gasteiger partial charge in [-0.2, -0.15) is 0 Å². The van der Waals surface area contributed by atoms with Gasteiger partial charge in [-0.1, -0.05) is 66.7 Å². The van der Waals surface area contributed by atoms with E-state index in [-0.39, 0.29) is 16.4 Å². The molecule has 0 saturated carbocycles. The molecule has 8 heteroatoms. The summed E-state index contributed by atoms with van der Waals surface area (Å²) in [6.07, 6.45) is 0. The summed E-state index contributed by atoms with van der Waals surface area (Å²) >= 11 is 0. The number of hydrogen-bond donors (Lipinski definition) is 0. The van der Waals surface area contributed by atoms with Crippen LogP contribution in [0.3, 0.4) is 0 Å². The van der Waals surface area contributed by atoms with Crippen LogP contribution in [0.25, 0.3) is 0 Å². The van der Waals surface area contributed by atoms with Crippen LogP contribution in [0.2, 0.25) is 0 Å². The van der Waals surface area contributed by atoms with Gasteiger partial charge in [-0.05, 0) is 55.6 Å². The zero-order chi connectivity index (χ0) is 28.3. The summed E-state index contributed by atoms with van der Waals surface area (Å²) in [5, 5.41) is 16.3. The lowest BCUT2D eigenvalue weighted by atomic mass is 10.1. The van der Waals surface area contributed by atoms with Crippen molar-refractivity contribution in [1.29, 1.82) is 0 Å². The van der Waals surface area contributed by atoms with Gasteiger partial charge in [0.15, 0.2) is 6.04 Å². The van der Waals surface area contributed by atoms with Gasteiger partial charge in [0, 0.05) is 0 Å². The summed E-state index contributed by atoms with van der Waals surface area (Å²) in [5.74, 6) is -3.13. The predicted molar refractivity (Wildman–Crippen MR) is 152 cm³/mol. The standard InChI is InChI=1S/C32H26NO6P/c1-38-31(36)27(33-29(34)25-20-12-13-21-26(25)30(33)35)28(32(37)39-2)40(22-14-6-3-7-15-22,23-16-8-4-9-17-23)24-18-10-5-11-19-24/h3-21,27H,1-2H3/b32-28+/t27-/m1/s1. The van der Waals surface area contributed by atoms with Gasteiger partial charge < -0.3 is 14.6 Å². The van der Waals surface area contributed by atoms with Crippen LogP contribution in [-0.2, 0) is 14.3 Å². The fourth-order valence-electron chi connectivity index (χ4n) is 5.25. The zero-order valence-corrected chi connectivity index (χ0v) is 22.8.